The first-order valence-corrected chi connectivity index (χ1v) is 4.05. The van der Waals surface area contributed by atoms with Crippen LogP contribution in [-0.2, 0) is 4.74 Å². The van der Waals surface area contributed by atoms with Crippen LogP contribution in [0.25, 0.3) is 0 Å². The number of ether oxygens (including phenoxy) is 1. The predicted molar refractivity (Wildman–Crippen MR) is 42.4 cm³/mol. The van der Waals surface area contributed by atoms with Crippen molar-refractivity contribution < 1.29 is 9.13 Å². The number of pyridine rings is 1. The lowest BCUT2D eigenvalue weighted by molar-refractivity contribution is 0.194. The molecule has 12 heavy (non-hydrogen) atoms. The van der Waals surface area contributed by atoms with Gasteiger partial charge in [-0.1, -0.05) is 0 Å². The first kappa shape index (κ1) is 7.68. The summed E-state index contributed by atoms with van der Waals surface area (Å²) in [6, 6.07) is 3.34. The molecule has 0 amide bonds. The summed E-state index contributed by atoms with van der Waals surface area (Å²) in [6.07, 6.45) is 2.49. The molecule has 1 fully saturated rings. The molecule has 1 aliphatic rings. The van der Waals surface area contributed by atoms with Crippen LogP contribution in [0, 0.1) is 5.95 Å². The Morgan fingerprint density at radius 1 is 1.58 bits per heavy atom. The highest BCUT2D eigenvalue weighted by Gasteiger charge is 2.17. The number of rotatable bonds is 1. The van der Waals surface area contributed by atoms with Gasteiger partial charge in [0.1, 0.15) is 0 Å². The number of hydrogen-bond donors (Lipinski definition) is 0. The van der Waals surface area contributed by atoms with Gasteiger partial charge in [-0.2, -0.15) is 4.39 Å². The smallest absolute Gasteiger partial charge is 0.213 e. The molecule has 2 nitrogen and oxygen atoms in total. The van der Waals surface area contributed by atoms with E-state index in [0.717, 1.165) is 18.6 Å². The maximum atomic E-state index is 12.7. The number of halogens is 1. The third kappa shape index (κ3) is 1.46. The van der Waals surface area contributed by atoms with Crippen LogP contribution in [0.2, 0.25) is 0 Å². The second-order valence-corrected chi connectivity index (χ2v) is 2.97. The number of hydrogen-bond acceptors (Lipinski definition) is 2. The molecule has 0 saturated carbocycles. The molecule has 0 N–H and O–H groups in total. The minimum Gasteiger partial charge on any atom is -0.381 e. The van der Waals surface area contributed by atoms with Crippen LogP contribution in [0.5, 0.6) is 0 Å². The maximum Gasteiger partial charge on any atom is 0.213 e. The van der Waals surface area contributed by atoms with E-state index in [0.29, 0.717) is 12.5 Å². The van der Waals surface area contributed by atoms with E-state index in [4.69, 9.17) is 4.74 Å². The number of nitrogens with zero attached hydrogens (tertiary/aromatic N) is 1. The summed E-state index contributed by atoms with van der Waals surface area (Å²) >= 11 is 0. The average Bonchev–Trinajstić information content (AvgIpc) is 2.56. The van der Waals surface area contributed by atoms with Gasteiger partial charge in [0.15, 0.2) is 0 Å². The van der Waals surface area contributed by atoms with Gasteiger partial charge in [-0.25, -0.2) is 4.98 Å². The molecule has 1 aromatic heterocycles. The highest BCUT2D eigenvalue weighted by atomic mass is 19.1. The van der Waals surface area contributed by atoms with Crippen molar-refractivity contribution in [3.8, 4) is 0 Å². The van der Waals surface area contributed by atoms with Crippen molar-refractivity contribution in [2.24, 2.45) is 0 Å². The largest absolute Gasteiger partial charge is 0.381 e. The highest BCUT2D eigenvalue weighted by molar-refractivity contribution is 5.17. The molecule has 0 radical (unpaired) electrons. The minimum atomic E-state index is -0.403. The fourth-order valence-electron chi connectivity index (χ4n) is 1.47. The third-order valence-electron chi connectivity index (χ3n) is 2.15. The lowest BCUT2D eigenvalue weighted by Gasteiger charge is -2.06. The molecule has 1 saturated heterocycles. The normalized spacial score (nSPS) is 22.9. The molecule has 0 aliphatic carbocycles. The van der Waals surface area contributed by atoms with Crippen molar-refractivity contribution >= 4 is 0 Å². The quantitative estimate of drug-likeness (QED) is 0.594. The fourth-order valence-corrected chi connectivity index (χ4v) is 1.47. The third-order valence-corrected chi connectivity index (χ3v) is 2.15. The summed E-state index contributed by atoms with van der Waals surface area (Å²) in [4.78, 5) is 3.50. The van der Waals surface area contributed by atoms with Gasteiger partial charge in [-0.05, 0) is 24.1 Å². The van der Waals surface area contributed by atoms with E-state index in [1.54, 1.807) is 0 Å². The van der Waals surface area contributed by atoms with Gasteiger partial charge in [-0.3, -0.25) is 0 Å². The topological polar surface area (TPSA) is 22.1 Å². The molecule has 3 heteroatoms. The molecule has 1 aromatic rings. The Morgan fingerprint density at radius 2 is 2.50 bits per heavy atom. The van der Waals surface area contributed by atoms with Crippen molar-refractivity contribution in [3.05, 3.63) is 29.8 Å². The maximum absolute atomic E-state index is 12.7. The standard InChI is InChI=1S/C9H10FNO/c10-9-5-7(1-3-11-9)8-2-4-12-6-8/h1,3,5,8H,2,4,6H2. The fraction of sp³-hybridized carbons (Fsp3) is 0.444. The van der Waals surface area contributed by atoms with Crippen LogP contribution in [0.15, 0.2) is 18.3 Å². The molecule has 0 aromatic carbocycles. The number of aromatic nitrogens is 1. The highest BCUT2D eigenvalue weighted by Crippen LogP contribution is 2.24. The Labute approximate surface area is 70.4 Å². The van der Waals surface area contributed by atoms with Crippen molar-refractivity contribution in [2.75, 3.05) is 13.2 Å². The van der Waals surface area contributed by atoms with Crippen molar-refractivity contribution in [1.82, 2.24) is 4.98 Å². The molecule has 1 unspecified atom stereocenters. The SMILES string of the molecule is Fc1cc(C2CCOC2)ccn1. The zero-order valence-corrected chi connectivity index (χ0v) is 6.66. The van der Waals surface area contributed by atoms with Crippen LogP contribution in [0.3, 0.4) is 0 Å². The summed E-state index contributed by atoms with van der Waals surface area (Å²) < 4.78 is 17.9. The molecule has 2 rings (SSSR count). The summed E-state index contributed by atoms with van der Waals surface area (Å²) in [5, 5.41) is 0. The Balaban J connectivity index is 2.21. The van der Waals surface area contributed by atoms with Crippen LogP contribution >= 0.6 is 0 Å². The van der Waals surface area contributed by atoms with Crippen LogP contribution in [-0.4, -0.2) is 18.2 Å². The predicted octanol–water partition coefficient (Wildman–Crippen LogP) is 1.72. The minimum absolute atomic E-state index is 0.363. The average molecular weight is 167 g/mol. The van der Waals surface area contributed by atoms with Crippen molar-refractivity contribution in [1.29, 1.82) is 0 Å². The van der Waals surface area contributed by atoms with E-state index in [9.17, 15) is 4.39 Å². The van der Waals surface area contributed by atoms with Gasteiger partial charge < -0.3 is 4.74 Å². The van der Waals surface area contributed by atoms with E-state index in [1.165, 1.54) is 12.3 Å². The molecule has 1 atom stereocenters. The Kier molecular flexibility index (Phi) is 2.04. The molecule has 64 valence electrons. The molecule has 0 bridgehead atoms. The Morgan fingerprint density at radius 3 is 3.17 bits per heavy atom. The Bertz CT molecular complexity index is 271. The second-order valence-electron chi connectivity index (χ2n) is 2.97. The van der Waals surface area contributed by atoms with Gasteiger partial charge >= 0.3 is 0 Å². The molecular formula is C9H10FNO. The first-order chi connectivity index (χ1) is 5.86. The van der Waals surface area contributed by atoms with Crippen LogP contribution in [0.4, 0.5) is 4.39 Å². The second kappa shape index (κ2) is 3.19. The van der Waals surface area contributed by atoms with Crippen molar-refractivity contribution in [3.63, 3.8) is 0 Å². The summed E-state index contributed by atoms with van der Waals surface area (Å²) in [5.41, 5.74) is 1.00. The monoisotopic (exact) mass is 167 g/mol. The van der Waals surface area contributed by atoms with Gasteiger partial charge in [0, 0.05) is 18.7 Å². The van der Waals surface area contributed by atoms with Gasteiger partial charge in [0.05, 0.1) is 6.61 Å². The van der Waals surface area contributed by atoms with E-state index >= 15 is 0 Å². The summed E-state index contributed by atoms with van der Waals surface area (Å²) in [7, 11) is 0. The lowest BCUT2D eigenvalue weighted by atomic mass is 10.0. The van der Waals surface area contributed by atoms with E-state index < -0.39 is 5.95 Å². The van der Waals surface area contributed by atoms with Crippen molar-refractivity contribution in [2.45, 2.75) is 12.3 Å². The van der Waals surface area contributed by atoms with E-state index in [1.807, 2.05) is 6.07 Å². The summed E-state index contributed by atoms with van der Waals surface area (Å²) in [5.74, 6) is -0.0399. The van der Waals surface area contributed by atoms with E-state index in [-0.39, 0.29) is 0 Å². The molecule has 2 heterocycles. The van der Waals surface area contributed by atoms with E-state index in [2.05, 4.69) is 4.98 Å². The summed E-state index contributed by atoms with van der Waals surface area (Å²) in [6.45, 7) is 1.50. The van der Waals surface area contributed by atoms with Gasteiger partial charge in [0.2, 0.25) is 5.95 Å². The molecular weight excluding hydrogens is 157 g/mol. The Hall–Kier alpha value is -0.960. The molecule has 1 aliphatic heterocycles. The van der Waals surface area contributed by atoms with Gasteiger partial charge in [0.25, 0.3) is 0 Å². The zero-order valence-electron chi connectivity index (χ0n) is 6.66. The molecule has 0 spiro atoms. The van der Waals surface area contributed by atoms with Gasteiger partial charge in [-0.15, -0.1) is 0 Å². The first-order valence-electron chi connectivity index (χ1n) is 4.05. The lowest BCUT2D eigenvalue weighted by Crippen LogP contribution is -1.98. The zero-order chi connectivity index (χ0) is 8.39. The van der Waals surface area contributed by atoms with Crippen LogP contribution in [0.1, 0.15) is 17.9 Å². The van der Waals surface area contributed by atoms with Crippen LogP contribution < -0.4 is 0 Å².